The van der Waals surface area contributed by atoms with Gasteiger partial charge in [-0.2, -0.15) is 0 Å². The fourth-order valence-electron chi connectivity index (χ4n) is 3.63. The summed E-state index contributed by atoms with van der Waals surface area (Å²) in [6, 6.07) is 7.91. The van der Waals surface area contributed by atoms with Crippen molar-refractivity contribution < 1.29 is 17.9 Å². The summed E-state index contributed by atoms with van der Waals surface area (Å²) in [6.07, 6.45) is 3.66. The highest BCUT2D eigenvalue weighted by atomic mass is 32.2. The molecule has 2 aliphatic heterocycles. The van der Waals surface area contributed by atoms with Gasteiger partial charge in [-0.25, -0.2) is 8.42 Å². The van der Waals surface area contributed by atoms with Gasteiger partial charge in [-0.1, -0.05) is 12.1 Å². The lowest BCUT2D eigenvalue weighted by Crippen LogP contribution is -2.50. The van der Waals surface area contributed by atoms with E-state index in [4.69, 9.17) is 21.7 Å². The molecule has 2 fully saturated rings. The fraction of sp³-hybridized carbons (Fsp3) is 0.632. The van der Waals surface area contributed by atoms with Crippen LogP contribution in [0.15, 0.2) is 24.3 Å². The molecule has 0 radical (unpaired) electrons. The van der Waals surface area contributed by atoms with Crippen LogP contribution in [0.2, 0.25) is 0 Å². The van der Waals surface area contributed by atoms with Crippen molar-refractivity contribution >= 4 is 27.2 Å². The Balaban J connectivity index is 1.56. The van der Waals surface area contributed by atoms with Crippen molar-refractivity contribution in [2.24, 2.45) is 0 Å². The minimum atomic E-state index is -2.96. The standard InChI is InChI=1S/C19H28N2O4S2/c1-24-17-6-4-15(5-7-17)8-10-20-19(26)21(13-18-3-2-11-25-18)16-9-12-27(22,23)14-16/h4-7,16,18H,2-3,8-14H2,1H3,(H,20,26)/t16-,18+/m0/s1. The number of nitrogens with one attached hydrogen (secondary N) is 1. The van der Waals surface area contributed by atoms with E-state index < -0.39 is 9.84 Å². The first kappa shape index (κ1) is 20.4. The van der Waals surface area contributed by atoms with Gasteiger partial charge in [0, 0.05) is 25.7 Å². The number of ether oxygens (including phenoxy) is 2. The van der Waals surface area contributed by atoms with Crippen molar-refractivity contribution in [3.8, 4) is 5.75 Å². The van der Waals surface area contributed by atoms with Crippen LogP contribution >= 0.6 is 12.2 Å². The molecule has 6 nitrogen and oxygen atoms in total. The maximum absolute atomic E-state index is 11.9. The number of sulfone groups is 1. The first-order valence-corrected chi connectivity index (χ1v) is 11.7. The maximum atomic E-state index is 11.9. The molecule has 0 amide bonds. The van der Waals surface area contributed by atoms with Gasteiger partial charge < -0.3 is 19.7 Å². The lowest BCUT2D eigenvalue weighted by atomic mass is 10.1. The van der Waals surface area contributed by atoms with Crippen molar-refractivity contribution in [3.63, 3.8) is 0 Å². The summed E-state index contributed by atoms with van der Waals surface area (Å²) in [5.41, 5.74) is 1.19. The third kappa shape index (κ3) is 5.80. The molecule has 2 saturated heterocycles. The van der Waals surface area contributed by atoms with Crippen molar-refractivity contribution in [3.05, 3.63) is 29.8 Å². The van der Waals surface area contributed by atoms with Gasteiger partial charge in [-0.05, 0) is 55.6 Å². The highest BCUT2D eigenvalue weighted by Crippen LogP contribution is 2.21. The Morgan fingerprint density at radius 2 is 2.11 bits per heavy atom. The van der Waals surface area contributed by atoms with Crippen LogP contribution < -0.4 is 10.1 Å². The summed E-state index contributed by atoms with van der Waals surface area (Å²) in [6.45, 7) is 2.14. The second-order valence-corrected chi connectivity index (χ2v) is 9.79. The topological polar surface area (TPSA) is 67.9 Å². The Bertz CT molecular complexity index is 731. The van der Waals surface area contributed by atoms with E-state index in [0.29, 0.717) is 24.6 Å². The molecule has 3 rings (SSSR count). The van der Waals surface area contributed by atoms with Crippen molar-refractivity contribution in [2.75, 3.05) is 38.3 Å². The number of benzene rings is 1. The molecular formula is C19H28N2O4S2. The van der Waals surface area contributed by atoms with E-state index in [2.05, 4.69) is 5.32 Å². The quantitative estimate of drug-likeness (QED) is 0.685. The molecule has 0 spiro atoms. The zero-order valence-electron chi connectivity index (χ0n) is 15.7. The number of thiocarbonyl (C=S) groups is 1. The summed E-state index contributed by atoms with van der Waals surface area (Å²) in [5.74, 6) is 1.26. The summed E-state index contributed by atoms with van der Waals surface area (Å²) in [4.78, 5) is 2.05. The van der Waals surface area contributed by atoms with Gasteiger partial charge in [0.25, 0.3) is 0 Å². The molecule has 150 valence electrons. The predicted octanol–water partition coefficient (Wildman–Crippen LogP) is 1.78. The van der Waals surface area contributed by atoms with Crippen molar-refractivity contribution in [1.29, 1.82) is 0 Å². The third-order valence-electron chi connectivity index (χ3n) is 5.18. The lowest BCUT2D eigenvalue weighted by Gasteiger charge is -2.33. The molecular weight excluding hydrogens is 384 g/mol. The summed E-state index contributed by atoms with van der Waals surface area (Å²) < 4.78 is 34.8. The Morgan fingerprint density at radius 3 is 2.70 bits per heavy atom. The number of rotatable bonds is 7. The second-order valence-electron chi connectivity index (χ2n) is 7.17. The zero-order valence-corrected chi connectivity index (χ0v) is 17.4. The van der Waals surface area contributed by atoms with Crippen LogP contribution in [0.4, 0.5) is 0 Å². The van der Waals surface area contributed by atoms with Crippen molar-refractivity contribution in [1.82, 2.24) is 10.2 Å². The van der Waals surface area contributed by atoms with E-state index in [1.807, 2.05) is 29.2 Å². The minimum absolute atomic E-state index is 0.0554. The smallest absolute Gasteiger partial charge is 0.169 e. The van der Waals surface area contributed by atoms with Crippen molar-refractivity contribution in [2.45, 2.75) is 37.8 Å². The van der Waals surface area contributed by atoms with Gasteiger partial charge in [0.05, 0.1) is 24.7 Å². The summed E-state index contributed by atoms with van der Waals surface area (Å²) in [7, 11) is -1.31. The Hall–Kier alpha value is -1.38. The molecule has 8 heteroatoms. The Labute approximate surface area is 167 Å². The van der Waals surface area contributed by atoms with Crippen LogP contribution in [0.25, 0.3) is 0 Å². The molecule has 1 aromatic rings. The van der Waals surface area contributed by atoms with E-state index in [-0.39, 0.29) is 23.7 Å². The molecule has 1 aromatic carbocycles. The number of nitrogens with zero attached hydrogens (tertiary/aromatic N) is 1. The fourth-order valence-corrected chi connectivity index (χ4v) is 5.69. The van der Waals surface area contributed by atoms with E-state index in [1.165, 1.54) is 5.56 Å². The highest BCUT2D eigenvalue weighted by Gasteiger charge is 2.35. The SMILES string of the molecule is COc1ccc(CCNC(=S)N(C[C@H]2CCCO2)[C@H]2CCS(=O)(=O)C2)cc1. The lowest BCUT2D eigenvalue weighted by molar-refractivity contribution is 0.0842. The van der Waals surface area contributed by atoms with Crippen LogP contribution in [0, 0.1) is 0 Å². The minimum Gasteiger partial charge on any atom is -0.497 e. The van der Waals surface area contributed by atoms with Gasteiger partial charge >= 0.3 is 0 Å². The average molecular weight is 413 g/mol. The van der Waals surface area contributed by atoms with E-state index >= 15 is 0 Å². The van der Waals surface area contributed by atoms with Crippen LogP contribution in [0.1, 0.15) is 24.8 Å². The van der Waals surface area contributed by atoms with Gasteiger partial charge in [0.2, 0.25) is 0 Å². The first-order chi connectivity index (χ1) is 13.0. The van der Waals surface area contributed by atoms with Crippen LogP contribution in [-0.2, 0) is 21.0 Å². The molecule has 2 aliphatic rings. The average Bonchev–Trinajstić information content (AvgIpc) is 3.29. The van der Waals surface area contributed by atoms with E-state index in [0.717, 1.165) is 31.6 Å². The zero-order chi connectivity index (χ0) is 19.3. The molecule has 27 heavy (non-hydrogen) atoms. The third-order valence-corrected chi connectivity index (χ3v) is 7.31. The number of hydrogen-bond acceptors (Lipinski definition) is 5. The highest BCUT2D eigenvalue weighted by molar-refractivity contribution is 7.91. The molecule has 1 N–H and O–H groups in total. The van der Waals surface area contributed by atoms with Crippen LogP contribution in [-0.4, -0.2) is 68.9 Å². The monoisotopic (exact) mass is 412 g/mol. The maximum Gasteiger partial charge on any atom is 0.169 e. The predicted molar refractivity (Wildman–Crippen MR) is 110 cm³/mol. The molecule has 0 aliphatic carbocycles. The number of methoxy groups -OCH3 is 1. The second kappa shape index (κ2) is 9.21. The van der Waals surface area contributed by atoms with E-state index in [1.54, 1.807) is 7.11 Å². The largest absolute Gasteiger partial charge is 0.497 e. The molecule has 0 bridgehead atoms. The van der Waals surface area contributed by atoms with Crippen LogP contribution in [0.3, 0.4) is 0 Å². The molecule has 2 atom stereocenters. The summed E-state index contributed by atoms with van der Waals surface area (Å²) >= 11 is 5.62. The van der Waals surface area contributed by atoms with Gasteiger partial charge in [-0.15, -0.1) is 0 Å². The van der Waals surface area contributed by atoms with Gasteiger partial charge in [-0.3, -0.25) is 0 Å². The van der Waals surface area contributed by atoms with E-state index in [9.17, 15) is 8.42 Å². The summed E-state index contributed by atoms with van der Waals surface area (Å²) in [5, 5.41) is 3.94. The first-order valence-electron chi connectivity index (χ1n) is 9.46. The molecule has 2 heterocycles. The molecule has 0 unspecified atom stereocenters. The Morgan fingerprint density at radius 1 is 1.33 bits per heavy atom. The van der Waals surface area contributed by atoms with Crippen LogP contribution in [0.5, 0.6) is 5.75 Å². The molecule has 0 saturated carbocycles. The normalized spacial score (nSPS) is 23.9. The van der Waals surface area contributed by atoms with Gasteiger partial charge in [0.15, 0.2) is 14.9 Å². The Kier molecular flexibility index (Phi) is 6.94. The number of hydrogen-bond donors (Lipinski definition) is 1. The molecule has 0 aromatic heterocycles. The van der Waals surface area contributed by atoms with Gasteiger partial charge in [0.1, 0.15) is 5.75 Å².